The molecular weight excluding hydrogens is 406 g/mol. The van der Waals surface area contributed by atoms with Gasteiger partial charge in [-0.1, -0.05) is 24.3 Å². The van der Waals surface area contributed by atoms with Crippen LogP contribution in [0.5, 0.6) is 11.5 Å². The highest BCUT2D eigenvalue weighted by Crippen LogP contribution is 2.39. The van der Waals surface area contributed by atoms with Crippen molar-refractivity contribution in [3.05, 3.63) is 59.3 Å². The minimum absolute atomic E-state index is 0.00119. The highest BCUT2D eigenvalue weighted by molar-refractivity contribution is 5.97. The number of hydrogen-bond acceptors (Lipinski definition) is 4. The molecule has 1 fully saturated rings. The number of nitrogens with one attached hydrogen (secondary N) is 1. The fourth-order valence-electron chi connectivity index (χ4n) is 5.12. The number of hydrogen-bond donors (Lipinski definition) is 1. The van der Waals surface area contributed by atoms with Crippen LogP contribution in [0.1, 0.15) is 29.8 Å². The van der Waals surface area contributed by atoms with E-state index in [1.165, 1.54) is 0 Å². The van der Waals surface area contributed by atoms with E-state index in [4.69, 9.17) is 9.47 Å². The third kappa shape index (κ3) is 3.20. The Morgan fingerprint density at radius 1 is 1.06 bits per heavy atom. The van der Waals surface area contributed by atoms with Gasteiger partial charge in [-0.05, 0) is 42.7 Å². The number of aromatic amines is 1. The molecule has 0 bridgehead atoms. The number of para-hydroxylation sites is 1. The monoisotopic (exact) mass is 433 g/mol. The van der Waals surface area contributed by atoms with Crippen LogP contribution in [-0.4, -0.2) is 59.9 Å². The number of carbonyl (C=O) groups excluding carboxylic acids is 2. The summed E-state index contributed by atoms with van der Waals surface area (Å²) in [5.74, 6) is 1.35. The summed E-state index contributed by atoms with van der Waals surface area (Å²) in [7, 11) is 3.21. The number of benzene rings is 2. The molecule has 2 aliphatic rings. The maximum Gasteiger partial charge on any atom is 0.246 e. The summed E-state index contributed by atoms with van der Waals surface area (Å²) in [4.78, 5) is 33.5. The molecule has 0 saturated carbocycles. The van der Waals surface area contributed by atoms with Gasteiger partial charge in [0.05, 0.1) is 26.8 Å². The summed E-state index contributed by atoms with van der Waals surface area (Å²) >= 11 is 0. The second-order valence-corrected chi connectivity index (χ2v) is 8.46. The van der Waals surface area contributed by atoms with E-state index in [0.29, 0.717) is 30.9 Å². The fourth-order valence-corrected chi connectivity index (χ4v) is 5.12. The van der Waals surface area contributed by atoms with Gasteiger partial charge in [0.25, 0.3) is 0 Å². The second-order valence-electron chi connectivity index (χ2n) is 8.46. The van der Waals surface area contributed by atoms with Crippen molar-refractivity contribution in [2.75, 3.05) is 27.3 Å². The van der Waals surface area contributed by atoms with Crippen molar-refractivity contribution in [1.82, 2.24) is 14.8 Å². The van der Waals surface area contributed by atoms with Crippen molar-refractivity contribution >= 4 is 22.7 Å². The van der Waals surface area contributed by atoms with Gasteiger partial charge in [0, 0.05) is 29.6 Å². The zero-order valence-electron chi connectivity index (χ0n) is 18.6. The molecular formula is C25H27N3O4. The van der Waals surface area contributed by atoms with Crippen LogP contribution in [0.4, 0.5) is 0 Å². The molecule has 7 nitrogen and oxygen atoms in total. The third-order valence-corrected chi connectivity index (χ3v) is 6.74. The predicted molar refractivity (Wildman–Crippen MR) is 121 cm³/mol. The van der Waals surface area contributed by atoms with E-state index in [0.717, 1.165) is 27.7 Å². The summed E-state index contributed by atoms with van der Waals surface area (Å²) in [5, 5.41) is 1.14. The van der Waals surface area contributed by atoms with Gasteiger partial charge >= 0.3 is 0 Å². The summed E-state index contributed by atoms with van der Waals surface area (Å²) in [6.45, 7) is 2.60. The molecule has 2 aliphatic heterocycles. The number of fused-ring (bicyclic) bond motifs is 4. The zero-order chi connectivity index (χ0) is 22.4. The molecule has 1 N–H and O–H groups in total. The highest BCUT2D eigenvalue weighted by Gasteiger charge is 2.46. The fraction of sp³-hybridized carbons (Fsp3) is 0.360. The lowest BCUT2D eigenvalue weighted by Gasteiger charge is -2.46. The topological polar surface area (TPSA) is 74.9 Å². The van der Waals surface area contributed by atoms with Gasteiger partial charge in [-0.25, -0.2) is 0 Å². The molecule has 2 aromatic carbocycles. The van der Waals surface area contributed by atoms with E-state index in [2.05, 4.69) is 11.1 Å². The first-order valence-corrected chi connectivity index (χ1v) is 10.9. The molecule has 0 aliphatic carbocycles. The van der Waals surface area contributed by atoms with Crippen molar-refractivity contribution in [1.29, 1.82) is 0 Å². The Balaban J connectivity index is 1.38. The number of piperazine rings is 1. The summed E-state index contributed by atoms with van der Waals surface area (Å²) in [6, 6.07) is 13.3. The molecule has 3 heterocycles. The lowest BCUT2D eigenvalue weighted by Crippen LogP contribution is -2.62. The average Bonchev–Trinajstić information content (AvgIpc) is 3.19. The second kappa shape index (κ2) is 7.89. The predicted octanol–water partition coefficient (Wildman–Crippen LogP) is 3.08. The Bertz CT molecular complexity index is 1200. The summed E-state index contributed by atoms with van der Waals surface area (Å²) < 4.78 is 10.7. The SMILES string of the molecule is COc1ccc(CCN2CC(=O)N3C(C)c4[nH]c5ccccc5c4C[C@@H]3C2=O)cc1OC. The van der Waals surface area contributed by atoms with Crippen molar-refractivity contribution in [2.45, 2.75) is 31.8 Å². The first-order chi connectivity index (χ1) is 15.5. The number of amides is 2. The largest absolute Gasteiger partial charge is 0.493 e. The molecule has 1 saturated heterocycles. The molecule has 166 valence electrons. The van der Waals surface area contributed by atoms with E-state index in [1.54, 1.807) is 24.0 Å². The standard InChI is InChI=1S/C25H27N3O4/c1-15-24-18(17-6-4-5-7-19(17)26-24)13-20-25(30)27(14-23(29)28(15)20)11-10-16-8-9-21(31-2)22(12-16)32-3/h4-9,12,15,20,26H,10-11,13-14H2,1-3H3/t15?,20-/m1/s1. The number of carbonyl (C=O) groups is 2. The van der Waals surface area contributed by atoms with Crippen LogP contribution in [0, 0.1) is 0 Å². The first-order valence-electron chi connectivity index (χ1n) is 10.9. The van der Waals surface area contributed by atoms with Crippen LogP contribution in [0.15, 0.2) is 42.5 Å². The van der Waals surface area contributed by atoms with Gasteiger partial charge in [-0.3, -0.25) is 9.59 Å². The number of nitrogens with zero attached hydrogens (tertiary/aromatic N) is 2. The quantitative estimate of drug-likeness (QED) is 0.671. The maximum absolute atomic E-state index is 13.4. The molecule has 7 heteroatoms. The van der Waals surface area contributed by atoms with Gasteiger partial charge < -0.3 is 24.3 Å². The number of rotatable bonds is 5. The van der Waals surface area contributed by atoms with Gasteiger partial charge in [0.15, 0.2) is 11.5 Å². The van der Waals surface area contributed by atoms with Crippen LogP contribution >= 0.6 is 0 Å². The van der Waals surface area contributed by atoms with Gasteiger partial charge in [-0.15, -0.1) is 0 Å². The lowest BCUT2D eigenvalue weighted by atomic mass is 9.90. The van der Waals surface area contributed by atoms with Crippen molar-refractivity contribution in [3.8, 4) is 11.5 Å². The number of H-pyrrole nitrogens is 1. The molecule has 5 rings (SSSR count). The van der Waals surface area contributed by atoms with Crippen LogP contribution in [0.3, 0.4) is 0 Å². The molecule has 2 atom stereocenters. The molecule has 3 aromatic rings. The lowest BCUT2D eigenvalue weighted by molar-refractivity contribution is -0.159. The van der Waals surface area contributed by atoms with E-state index in [-0.39, 0.29) is 24.4 Å². The average molecular weight is 434 g/mol. The Labute approximate surface area is 186 Å². The first kappa shape index (κ1) is 20.4. The normalized spacial score (nSPS) is 20.3. The van der Waals surface area contributed by atoms with Crippen LogP contribution in [0.2, 0.25) is 0 Å². The van der Waals surface area contributed by atoms with Crippen LogP contribution < -0.4 is 9.47 Å². The Morgan fingerprint density at radius 3 is 2.62 bits per heavy atom. The van der Waals surface area contributed by atoms with Gasteiger partial charge in [0.1, 0.15) is 6.04 Å². The summed E-state index contributed by atoms with van der Waals surface area (Å²) in [5.41, 5.74) is 4.27. The smallest absolute Gasteiger partial charge is 0.246 e. The van der Waals surface area contributed by atoms with Gasteiger partial charge in [0.2, 0.25) is 11.8 Å². The molecule has 1 aromatic heterocycles. The van der Waals surface area contributed by atoms with Crippen molar-refractivity contribution < 1.29 is 19.1 Å². The number of methoxy groups -OCH3 is 2. The number of aromatic nitrogens is 1. The van der Waals surface area contributed by atoms with Crippen molar-refractivity contribution in [2.24, 2.45) is 0 Å². The van der Waals surface area contributed by atoms with E-state index in [9.17, 15) is 9.59 Å². The van der Waals surface area contributed by atoms with E-state index >= 15 is 0 Å². The Kier molecular flexibility index (Phi) is 5.04. The van der Waals surface area contributed by atoms with E-state index < -0.39 is 6.04 Å². The number of ether oxygens (including phenoxy) is 2. The maximum atomic E-state index is 13.4. The van der Waals surface area contributed by atoms with Crippen LogP contribution in [-0.2, 0) is 22.4 Å². The zero-order valence-corrected chi connectivity index (χ0v) is 18.6. The summed E-state index contributed by atoms with van der Waals surface area (Å²) in [6.07, 6.45) is 1.18. The molecule has 0 spiro atoms. The molecule has 1 unspecified atom stereocenters. The molecule has 2 amide bonds. The Hall–Kier alpha value is -3.48. The third-order valence-electron chi connectivity index (χ3n) is 6.74. The highest BCUT2D eigenvalue weighted by atomic mass is 16.5. The van der Waals surface area contributed by atoms with Gasteiger partial charge in [-0.2, -0.15) is 0 Å². The minimum atomic E-state index is -0.455. The Morgan fingerprint density at radius 2 is 1.84 bits per heavy atom. The van der Waals surface area contributed by atoms with Crippen molar-refractivity contribution in [3.63, 3.8) is 0 Å². The molecule has 0 radical (unpaired) electrons. The van der Waals surface area contributed by atoms with Crippen LogP contribution in [0.25, 0.3) is 10.9 Å². The van der Waals surface area contributed by atoms with E-state index in [1.807, 2.05) is 43.3 Å². The minimum Gasteiger partial charge on any atom is -0.493 e. The molecule has 32 heavy (non-hydrogen) atoms.